The van der Waals surface area contributed by atoms with Crippen molar-refractivity contribution < 1.29 is 14.3 Å². The molecule has 0 unspecified atom stereocenters. The molecule has 0 spiro atoms. The molecule has 0 radical (unpaired) electrons. The molecule has 0 aliphatic heterocycles. The van der Waals surface area contributed by atoms with E-state index in [4.69, 9.17) is 21.1 Å². The van der Waals surface area contributed by atoms with E-state index in [1.807, 2.05) is 18.2 Å². The number of aromatic amines is 1. The number of benzene rings is 1. The minimum absolute atomic E-state index is 0.262. The molecule has 1 aromatic carbocycles. The van der Waals surface area contributed by atoms with Gasteiger partial charge in [0.25, 0.3) is 0 Å². The number of H-pyrrole nitrogens is 1. The zero-order valence-electron chi connectivity index (χ0n) is 12.3. The van der Waals surface area contributed by atoms with Gasteiger partial charge < -0.3 is 14.5 Å². The summed E-state index contributed by atoms with van der Waals surface area (Å²) in [4.78, 5) is 19.6. The van der Waals surface area contributed by atoms with Crippen molar-refractivity contribution >= 4 is 39.4 Å². The molecule has 3 rings (SSSR count). The highest BCUT2D eigenvalue weighted by atomic mass is 35.5. The summed E-state index contributed by atoms with van der Waals surface area (Å²) < 4.78 is 10.3. The monoisotopic (exact) mass is 318 g/mol. The van der Waals surface area contributed by atoms with Crippen molar-refractivity contribution in [2.24, 2.45) is 0 Å². The third-order valence-electron chi connectivity index (χ3n) is 3.46. The lowest BCUT2D eigenvalue weighted by atomic mass is 10.1. The molecule has 1 N–H and O–H groups in total. The van der Waals surface area contributed by atoms with Crippen LogP contribution in [-0.4, -0.2) is 29.7 Å². The Labute approximate surface area is 132 Å². The summed E-state index contributed by atoms with van der Waals surface area (Å²) in [6, 6.07) is 5.58. The second kappa shape index (κ2) is 5.94. The standard InChI is InChI=1S/C16H15ClN2O3/c1-3-22-16(20)15-11(8-21-2)14-10-6-9(17)4-5-12(10)19-13(14)7-18-15/h4-7,19H,3,8H2,1-2H3. The Morgan fingerprint density at radius 3 is 2.91 bits per heavy atom. The van der Waals surface area contributed by atoms with Crippen molar-refractivity contribution in [2.45, 2.75) is 13.5 Å². The quantitative estimate of drug-likeness (QED) is 0.745. The SMILES string of the molecule is CCOC(=O)c1ncc2[nH]c3ccc(Cl)cc3c2c1COC. The zero-order valence-corrected chi connectivity index (χ0v) is 13.0. The topological polar surface area (TPSA) is 64.2 Å². The first-order chi connectivity index (χ1) is 10.7. The number of carbonyl (C=O) groups excluding carboxylic acids is 1. The minimum Gasteiger partial charge on any atom is -0.461 e. The normalized spacial score (nSPS) is 11.2. The number of nitrogens with one attached hydrogen (secondary N) is 1. The van der Waals surface area contributed by atoms with E-state index in [0.717, 1.165) is 21.8 Å². The zero-order chi connectivity index (χ0) is 15.7. The average molecular weight is 319 g/mol. The van der Waals surface area contributed by atoms with Crippen LogP contribution in [0.15, 0.2) is 24.4 Å². The van der Waals surface area contributed by atoms with Gasteiger partial charge in [0, 0.05) is 34.0 Å². The summed E-state index contributed by atoms with van der Waals surface area (Å²) >= 11 is 6.11. The molecule has 5 nitrogen and oxygen atoms in total. The van der Waals surface area contributed by atoms with E-state index in [1.54, 1.807) is 20.2 Å². The van der Waals surface area contributed by atoms with Crippen LogP contribution in [0.1, 0.15) is 23.0 Å². The highest BCUT2D eigenvalue weighted by Gasteiger charge is 2.20. The molecular formula is C16H15ClN2O3. The molecule has 0 saturated carbocycles. The molecule has 114 valence electrons. The van der Waals surface area contributed by atoms with Crippen LogP contribution in [0.5, 0.6) is 0 Å². The fourth-order valence-electron chi connectivity index (χ4n) is 2.59. The van der Waals surface area contributed by atoms with Gasteiger partial charge in [0.2, 0.25) is 0 Å². The number of pyridine rings is 1. The van der Waals surface area contributed by atoms with Crippen molar-refractivity contribution in [2.75, 3.05) is 13.7 Å². The number of halogens is 1. The van der Waals surface area contributed by atoms with E-state index in [-0.39, 0.29) is 12.3 Å². The molecule has 22 heavy (non-hydrogen) atoms. The fraction of sp³-hybridized carbons (Fsp3) is 0.250. The van der Waals surface area contributed by atoms with Gasteiger partial charge in [-0.2, -0.15) is 0 Å². The van der Waals surface area contributed by atoms with E-state index in [1.165, 1.54) is 0 Å². The number of esters is 1. The van der Waals surface area contributed by atoms with Crippen LogP contribution in [-0.2, 0) is 16.1 Å². The lowest BCUT2D eigenvalue weighted by molar-refractivity contribution is 0.0514. The fourth-order valence-corrected chi connectivity index (χ4v) is 2.76. The summed E-state index contributed by atoms with van der Waals surface area (Å²) in [6.45, 7) is 2.32. The first kappa shape index (κ1) is 14.8. The minimum atomic E-state index is -0.451. The van der Waals surface area contributed by atoms with Gasteiger partial charge in [-0.15, -0.1) is 0 Å². The average Bonchev–Trinajstić information content (AvgIpc) is 2.86. The van der Waals surface area contributed by atoms with Gasteiger partial charge in [-0.25, -0.2) is 9.78 Å². The maximum absolute atomic E-state index is 12.1. The molecule has 0 bridgehead atoms. The van der Waals surface area contributed by atoms with Crippen molar-refractivity contribution in [3.8, 4) is 0 Å². The van der Waals surface area contributed by atoms with Crippen LogP contribution >= 0.6 is 11.6 Å². The van der Waals surface area contributed by atoms with Crippen LogP contribution in [0.2, 0.25) is 5.02 Å². The highest BCUT2D eigenvalue weighted by molar-refractivity contribution is 6.32. The van der Waals surface area contributed by atoms with Crippen LogP contribution in [0.25, 0.3) is 21.8 Å². The molecule has 0 saturated heterocycles. The van der Waals surface area contributed by atoms with Crippen molar-refractivity contribution in [1.29, 1.82) is 0 Å². The summed E-state index contributed by atoms with van der Waals surface area (Å²) in [7, 11) is 1.58. The predicted octanol–water partition coefficient (Wildman–Crippen LogP) is 3.69. The maximum atomic E-state index is 12.1. The van der Waals surface area contributed by atoms with Crippen LogP contribution in [0.3, 0.4) is 0 Å². The van der Waals surface area contributed by atoms with Crippen LogP contribution in [0.4, 0.5) is 0 Å². The Morgan fingerprint density at radius 1 is 1.36 bits per heavy atom. The van der Waals surface area contributed by atoms with E-state index in [9.17, 15) is 4.79 Å². The van der Waals surface area contributed by atoms with Crippen molar-refractivity contribution in [3.05, 3.63) is 40.7 Å². The molecule has 2 heterocycles. The first-order valence-electron chi connectivity index (χ1n) is 6.90. The van der Waals surface area contributed by atoms with E-state index < -0.39 is 5.97 Å². The number of rotatable bonds is 4. The number of hydrogen-bond acceptors (Lipinski definition) is 4. The number of ether oxygens (including phenoxy) is 2. The van der Waals surface area contributed by atoms with Crippen molar-refractivity contribution in [3.63, 3.8) is 0 Å². The third-order valence-corrected chi connectivity index (χ3v) is 3.69. The molecule has 0 aliphatic rings. The van der Waals surface area contributed by atoms with Gasteiger partial charge in [-0.3, -0.25) is 0 Å². The van der Waals surface area contributed by atoms with Gasteiger partial charge in [0.15, 0.2) is 5.69 Å². The summed E-state index contributed by atoms with van der Waals surface area (Å²) in [5, 5.41) is 2.45. The molecule has 3 aromatic rings. The smallest absolute Gasteiger partial charge is 0.357 e. The largest absolute Gasteiger partial charge is 0.461 e. The Hall–Kier alpha value is -2.11. The predicted molar refractivity (Wildman–Crippen MR) is 85.3 cm³/mol. The number of fused-ring (bicyclic) bond motifs is 3. The second-order valence-electron chi connectivity index (χ2n) is 4.84. The Morgan fingerprint density at radius 2 is 2.18 bits per heavy atom. The lowest BCUT2D eigenvalue weighted by Gasteiger charge is -2.09. The maximum Gasteiger partial charge on any atom is 0.357 e. The number of carbonyl (C=O) groups is 1. The Kier molecular flexibility index (Phi) is 4.00. The summed E-state index contributed by atoms with van der Waals surface area (Å²) in [5.74, 6) is -0.451. The molecule has 0 atom stereocenters. The van der Waals surface area contributed by atoms with Gasteiger partial charge in [-0.05, 0) is 25.1 Å². The third kappa shape index (κ3) is 2.42. The lowest BCUT2D eigenvalue weighted by Crippen LogP contribution is -2.11. The van der Waals surface area contributed by atoms with E-state index >= 15 is 0 Å². The number of methoxy groups -OCH3 is 1. The second-order valence-corrected chi connectivity index (χ2v) is 5.28. The van der Waals surface area contributed by atoms with E-state index in [2.05, 4.69) is 9.97 Å². The highest BCUT2D eigenvalue weighted by Crippen LogP contribution is 2.32. The van der Waals surface area contributed by atoms with Crippen molar-refractivity contribution in [1.82, 2.24) is 9.97 Å². The molecule has 0 aliphatic carbocycles. The molecular weight excluding hydrogens is 304 g/mol. The van der Waals surface area contributed by atoms with Gasteiger partial charge in [-0.1, -0.05) is 11.6 Å². The summed E-state index contributed by atoms with van der Waals surface area (Å²) in [6.07, 6.45) is 1.63. The number of aromatic nitrogens is 2. The van der Waals surface area contributed by atoms with Gasteiger partial charge in [0.1, 0.15) is 0 Å². The first-order valence-corrected chi connectivity index (χ1v) is 7.28. The summed E-state index contributed by atoms with van der Waals surface area (Å²) in [5.41, 5.74) is 2.74. The Bertz CT molecular complexity index is 857. The van der Waals surface area contributed by atoms with Crippen LogP contribution < -0.4 is 0 Å². The number of nitrogens with zero attached hydrogens (tertiary/aromatic N) is 1. The molecule has 0 amide bonds. The molecule has 0 fully saturated rings. The van der Waals surface area contributed by atoms with Gasteiger partial charge >= 0.3 is 5.97 Å². The molecule has 6 heteroatoms. The van der Waals surface area contributed by atoms with E-state index in [0.29, 0.717) is 17.2 Å². The number of hydrogen-bond donors (Lipinski definition) is 1. The van der Waals surface area contributed by atoms with Gasteiger partial charge in [0.05, 0.1) is 24.9 Å². The Balaban J connectivity index is 2.34. The molecule has 2 aromatic heterocycles. The van der Waals surface area contributed by atoms with Crippen LogP contribution in [0, 0.1) is 0 Å².